The summed E-state index contributed by atoms with van der Waals surface area (Å²) < 4.78 is 10.6. The van der Waals surface area contributed by atoms with E-state index in [2.05, 4.69) is 20.2 Å². The van der Waals surface area contributed by atoms with Crippen molar-refractivity contribution < 1.29 is 19.1 Å². The number of ether oxygens (including phenoxy) is 2. The number of carbonyl (C=O) groups is 2. The third kappa shape index (κ3) is 4.23. The summed E-state index contributed by atoms with van der Waals surface area (Å²) in [6, 6.07) is 7.96. The van der Waals surface area contributed by atoms with E-state index in [0.717, 1.165) is 24.5 Å². The van der Waals surface area contributed by atoms with Gasteiger partial charge in [-0.2, -0.15) is 0 Å². The van der Waals surface area contributed by atoms with Crippen LogP contribution in [0.1, 0.15) is 20.8 Å². The van der Waals surface area contributed by atoms with Crippen molar-refractivity contribution in [3.8, 4) is 0 Å². The number of carbonyl (C=O) groups excluding carboxylic acids is 2. The van der Waals surface area contributed by atoms with Gasteiger partial charge >= 0.3 is 12.2 Å². The third-order valence-corrected chi connectivity index (χ3v) is 5.63. The number of piperidine rings is 1. The summed E-state index contributed by atoms with van der Waals surface area (Å²) in [6.07, 6.45) is -1.21. The molecule has 4 rings (SSSR count). The van der Waals surface area contributed by atoms with E-state index in [-0.39, 0.29) is 18.7 Å². The standard InChI is InChI=1S/C20H26N6O4/c1-20(2,3)30-18(27)23-17-15-10-25(11-16(15)17)12-4-6-13(7-5-12)26-9-14(8-22-24-21)29-19(26)28/h4-7,14-17H,8-11H2,1-3H3,(H,23,27)/t14-,15-,16+,17?/m0/s1. The van der Waals surface area contributed by atoms with Crippen LogP contribution in [0, 0.1) is 11.8 Å². The molecule has 160 valence electrons. The third-order valence-electron chi connectivity index (χ3n) is 5.63. The monoisotopic (exact) mass is 414 g/mol. The number of nitrogens with one attached hydrogen (secondary N) is 1. The molecule has 1 saturated carbocycles. The van der Waals surface area contributed by atoms with E-state index in [4.69, 9.17) is 15.0 Å². The lowest BCUT2D eigenvalue weighted by atomic mass is 10.2. The van der Waals surface area contributed by atoms with E-state index in [0.29, 0.717) is 18.4 Å². The maximum atomic E-state index is 12.1. The van der Waals surface area contributed by atoms with Gasteiger partial charge in [-0.15, -0.1) is 0 Å². The highest BCUT2D eigenvalue weighted by atomic mass is 16.6. The summed E-state index contributed by atoms with van der Waals surface area (Å²) in [7, 11) is 0. The first-order valence-electron chi connectivity index (χ1n) is 10.1. The Kier molecular flexibility index (Phi) is 5.11. The fraction of sp³-hybridized carbons (Fsp3) is 0.600. The summed E-state index contributed by atoms with van der Waals surface area (Å²) in [5.74, 6) is 0.874. The van der Waals surface area contributed by atoms with Crippen molar-refractivity contribution in [2.45, 2.75) is 38.5 Å². The van der Waals surface area contributed by atoms with Crippen molar-refractivity contribution in [2.75, 3.05) is 36.0 Å². The Hall–Kier alpha value is -3.13. The molecule has 1 aromatic rings. The average Bonchev–Trinajstić information content (AvgIpc) is 3.03. The highest BCUT2D eigenvalue weighted by Gasteiger charge is 2.56. The van der Waals surface area contributed by atoms with E-state index in [1.54, 1.807) is 4.90 Å². The van der Waals surface area contributed by atoms with Gasteiger partial charge in [0.2, 0.25) is 0 Å². The summed E-state index contributed by atoms with van der Waals surface area (Å²) in [5.41, 5.74) is 9.75. The van der Waals surface area contributed by atoms with E-state index in [1.807, 2.05) is 45.0 Å². The van der Waals surface area contributed by atoms with Crippen molar-refractivity contribution in [3.63, 3.8) is 0 Å². The molecule has 0 bridgehead atoms. The molecule has 2 heterocycles. The number of cyclic esters (lactones) is 1. The Labute approximate surface area is 174 Å². The number of hydrogen-bond donors (Lipinski definition) is 1. The highest BCUT2D eigenvalue weighted by molar-refractivity contribution is 5.90. The predicted molar refractivity (Wildman–Crippen MR) is 110 cm³/mol. The molecule has 30 heavy (non-hydrogen) atoms. The van der Waals surface area contributed by atoms with Crippen molar-refractivity contribution >= 4 is 23.6 Å². The lowest BCUT2D eigenvalue weighted by molar-refractivity contribution is 0.0518. The number of rotatable bonds is 5. The predicted octanol–water partition coefficient (Wildman–Crippen LogP) is 3.28. The van der Waals surface area contributed by atoms with Crippen LogP contribution >= 0.6 is 0 Å². The summed E-state index contributed by atoms with van der Waals surface area (Å²) in [6.45, 7) is 7.82. The second kappa shape index (κ2) is 7.60. The molecular weight excluding hydrogens is 388 g/mol. The van der Waals surface area contributed by atoms with Crippen LogP contribution in [-0.2, 0) is 9.47 Å². The molecule has 2 saturated heterocycles. The number of anilines is 2. The van der Waals surface area contributed by atoms with Crippen LogP contribution in [0.25, 0.3) is 10.4 Å². The summed E-state index contributed by atoms with van der Waals surface area (Å²) >= 11 is 0. The van der Waals surface area contributed by atoms with E-state index < -0.39 is 17.8 Å². The quantitative estimate of drug-likeness (QED) is 0.450. The number of alkyl carbamates (subject to hydrolysis) is 1. The maximum absolute atomic E-state index is 12.1. The van der Waals surface area contributed by atoms with E-state index in [9.17, 15) is 9.59 Å². The van der Waals surface area contributed by atoms with Crippen molar-refractivity contribution in [1.29, 1.82) is 0 Å². The minimum Gasteiger partial charge on any atom is -0.444 e. The van der Waals surface area contributed by atoms with Gasteiger partial charge in [-0.3, -0.25) is 4.90 Å². The number of benzene rings is 1. The number of hydrogen-bond acceptors (Lipinski definition) is 6. The first kappa shape index (κ1) is 20.2. The molecule has 10 heteroatoms. The first-order valence-corrected chi connectivity index (χ1v) is 10.1. The van der Waals surface area contributed by atoms with Gasteiger partial charge in [0.05, 0.1) is 13.1 Å². The summed E-state index contributed by atoms with van der Waals surface area (Å²) in [4.78, 5) is 30.6. The summed E-state index contributed by atoms with van der Waals surface area (Å²) in [5, 5.41) is 6.45. The van der Waals surface area contributed by atoms with Gasteiger partial charge < -0.3 is 19.7 Å². The van der Waals surface area contributed by atoms with Crippen LogP contribution in [-0.4, -0.2) is 56.1 Å². The van der Waals surface area contributed by atoms with Crippen LogP contribution in [0.3, 0.4) is 0 Å². The second-order valence-electron chi connectivity index (χ2n) is 8.95. The van der Waals surface area contributed by atoms with Gasteiger partial charge in [-0.25, -0.2) is 9.59 Å². The zero-order valence-electron chi connectivity index (χ0n) is 17.3. The molecule has 10 nitrogen and oxygen atoms in total. The van der Waals surface area contributed by atoms with E-state index >= 15 is 0 Å². The second-order valence-corrected chi connectivity index (χ2v) is 8.95. The molecule has 1 aromatic carbocycles. The van der Waals surface area contributed by atoms with Crippen LogP contribution < -0.4 is 15.1 Å². The number of fused-ring (bicyclic) bond motifs is 1. The molecule has 0 aromatic heterocycles. The smallest absolute Gasteiger partial charge is 0.414 e. The minimum absolute atomic E-state index is 0.131. The molecule has 0 radical (unpaired) electrons. The van der Waals surface area contributed by atoms with E-state index in [1.165, 1.54) is 0 Å². The molecular formula is C20H26N6O4. The Morgan fingerprint density at radius 2 is 1.87 bits per heavy atom. The molecule has 1 unspecified atom stereocenters. The zero-order valence-corrected chi connectivity index (χ0v) is 17.3. The Balaban J connectivity index is 1.29. The van der Waals surface area contributed by atoms with Gasteiger partial charge in [-0.05, 0) is 50.6 Å². The SMILES string of the molecule is CC(C)(C)OC(=O)NC1[C@H]2CN(c3ccc(N4C[C@H](CN=[N+]=[N-])OC4=O)cc3)C[C@@H]12. The topological polar surface area (TPSA) is 120 Å². The van der Waals surface area contributed by atoms with Crippen LogP contribution in [0.5, 0.6) is 0 Å². The van der Waals surface area contributed by atoms with Crippen LogP contribution in [0.4, 0.5) is 21.0 Å². The first-order chi connectivity index (χ1) is 14.2. The van der Waals surface area contributed by atoms with Gasteiger partial charge in [0.1, 0.15) is 11.7 Å². The van der Waals surface area contributed by atoms with Gasteiger partial charge in [0.25, 0.3) is 0 Å². The molecule has 4 atom stereocenters. The largest absolute Gasteiger partial charge is 0.444 e. The van der Waals surface area contributed by atoms with Gasteiger partial charge in [0, 0.05) is 47.3 Å². The number of nitrogens with zero attached hydrogens (tertiary/aromatic N) is 5. The Morgan fingerprint density at radius 3 is 2.47 bits per heavy atom. The molecule has 0 spiro atoms. The molecule has 2 aliphatic heterocycles. The normalized spacial score (nSPS) is 27.2. The Morgan fingerprint density at radius 1 is 1.23 bits per heavy atom. The average molecular weight is 414 g/mol. The van der Waals surface area contributed by atoms with Crippen LogP contribution in [0.2, 0.25) is 0 Å². The lowest BCUT2D eigenvalue weighted by Crippen LogP contribution is -2.38. The lowest BCUT2D eigenvalue weighted by Gasteiger charge is -2.24. The van der Waals surface area contributed by atoms with Crippen LogP contribution in [0.15, 0.2) is 29.4 Å². The van der Waals surface area contributed by atoms with Gasteiger partial charge in [0.15, 0.2) is 0 Å². The number of amides is 2. The molecule has 3 aliphatic rings. The molecule has 1 N–H and O–H groups in total. The van der Waals surface area contributed by atoms with Crippen molar-refractivity contribution in [1.82, 2.24) is 5.32 Å². The fourth-order valence-electron chi connectivity index (χ4n) is 4.19. The van der Waals surface area contributed by atoms with Gasteiger partial charge in [-0.1, -0.05) is 5.11 Å². The Bertz CT molecular complexity index is 864. The zero-order chi connectivity index (χ0) is 21.5. The van der Waals surface area contributed by atoms with Crippen molar-refractivity contribution in [2.24, 2.45) is 17.0 Å². The minimum atomic E-state index is -0.493. The highest BCUT2D eigenvalue weighted by Crippen LogP contribution is 2.47. The maximum Gasteiger partial charge on any atom is 0.414 e. The molecule has 2 amide bonds. The molecule has 1 aliphatic carbocycles. The molecule has 3 fully saturated rings. The fourth-order valence-corrected chi connectivity index (χ4v) is 4.19. The van der Waals surface area contributed by atoms with Crippen molar-refractivity contribution in [3.05, 3.63) is 34.7 Å². The number of azide groups is 1.